The molecule has 29 heavy (non-hydrogen) atoms. The summed E-state index contributed by atoms with van der Waals surface area (Å²) in [4.78, 5) is 2.79. The third-order valence-corrected chi connectivity index (χ3v) is 8.72. The number of fused-ring (bicyclic) bond motifs is 1. The predicted octanol–water partition coefficient (Wildman–Crippen LogP) is 3.07. The quantitative estimate of drug-likeness (QED) is 0.572. The SMILES string of the molecule is N#CC1CCC(CN2CNC3CCC(C4CCC(CNCCN)CC4)CC32)CC1. The fourth-order valence-corrected chi connectivity index (χ4v) is 6.88. The largest absolute Gasteiger partial charge is 0.329 e. The minimum atomic E-state index is 0.329. The van der Waals surface area contributed by atoms with Gasteiger partial charge in [-0.15, -0.1) is 0 Å². The van der Waals surface area contributed by atoms with E-state index in [4.69, 9.17) is 11.0 Å². The van der Waals surface area contributed by atoms with Crippen LogP contribution in [-0.4, -0.2) is 49.8 Å². The molecule has 164 valence electrons. The predicted molar refractivity (Wildman–Crippen MR) is 118 cm³/mol. The Hall–Kier alpha value is -0.670. The molecular formula is C24H43N5. The monoisotopic (exact) mass is 401 g/mol. The second kappa shape index (κ2) is 10.6. The first-order chi connectivity index (χ1) is 14.3. The maximum atomic E-state index is 9.16. The van der Waals surface area contributed by atoms with Crippen LogP contribution in [0.3, 0.4) is 0 Å². The van der Waals surface area contributed by atoms with Crippen LogP contribution in [0.1, 0.15) is 70.6 Å². The van der Waals surface area contributed by atoms with Crippen molar-refractivity contribution in [1.29, 1.82) is 5.26 Å². The fourth-order valence-electron chi connectivity index (χ4n) is 6.88. The number of rotatable bonds is 7. The summed E-state index contributed by atoms with van der Waals surface area (Å²) in [6, 6.07) is 3.99. The van der Waals surface area contributed by atoms with Gasteiger partial charge in [-0.2, -0.15) is 5.26 Å². The zero-order valence-corrected chi connectivity index (χ0v) is 18.3. The number of nitrogens with two attached hydrogens (primary N) is 1. The Morgan fingerprint density at radius 1 is 0.931 bits per heavy atom. The summed E-state index contributed by atoms with van der Waals surface area (Å²) in [5, 5.41) is 16.5. The van der Waals surface area contributed by atoms with E-state index >= 15 is 0 Å². The van der Waals surface area contributed by atoms with E-state index in [1.165, 1.54) is 70.9 Å². The highest BCUT2D eigenvalue weighted by atomic mass is 15.3. The summed E-state index contributed by atoms with van der Waals surface area (Å²) < 4.78 is 0. The Kier molecular flexibility index (Phi) is 7.86. The molecule has 4 N–H and O–H groups in total. The van der Waals surface area contributed by atoms with Gasteiger partial charge in [-0.1, -0.05) is 0 Å². The lowest BCUT2D eigenvalue weighted by Gasteiger charge is -2.42. The molecule has 1 heterocycles. The molecule has 0 aromatic rings. The van der Waals surface area contributed by atoms with Crippen molar-refractivity contribution in [3.05, 3.63) is 0 Å². The van der Waals surface area contributed by atoms with Gasteiger partial charge in [0.05, 0.1) is 6.07 Å². The van der Waals surface area contributed by atoms with E-state index < -0.39 is 0 Å². The maximum Gasteiger partial charge on any atom is 0.0655 e. The van der Waals surface area contributed by atoms with Gasteiger partial charge in [0.25, 0.3) is 0 Å². The first-order valence-electron chi connectivity index (χ1n) is 12.5. The third kappa shape index (κ3) is 5.53. The number of nitrogens with zero attached hydrogens (tertiary/aromatic N) is 2. The summed E-state index contributed by atoms with van der Waals surface area (Å²) in [6.45, 7) is 5.25. The van der Waals surface area contributed by atoms with E-state index in [1.807, 2.05) is 0 Å². The van der Waals surface area contributed by atoms with Crippen molar-refractivity contribution in [3.8, 4) is 6.07 Å². The Labute approximate surface area is 178 Å². The van der Waals surface area contributed by atoms with Crippen molar-refractivity contribution in [1.82, 2.24) is 15.5 Å². The van der Waals surface area contributed by atoms with Gasteiger partial charge in [-0.05, 0) is 101 Å². The number of hydrogen-bond donors (Lipinski definition) is 3. The van der Waals surface area contributed by atoms with Gasteiger partial charge in [-0.3, -0.25) is 10.2 Å². The molecule has 0 aromatic heterocycles. The van der Waals surface area contributed by atoms with Gasteiger partial charge in [-0.25, -0.2) is 0 Å². The smallest absolute Gasteiger partial charge is 0.0655 e. The molecule has 0 aromatic carbocycles. The van der Waals surface area contributed by atoms with Gasteiger partial charge in [0, 0.05) is 44.3 Å². The molecule has 3 saturated carbocycles. The lowest BCUT2D eigenvalue weighted by Crippen LogP contribution is -2.45. The highest BCUT2D eigenvalue weighted by Crippen LogP contribution is 2.42. The van der Waals surface area contributed by atoms with Gasteiger partial charge >= 0.3 is 0 Å². The second-order valence-electron chi connectivity index (χ2n) is 10.5. The van der Waals surface area contributed by atoms with E-state index in [0.717, 1.165) is 68.4 Å². The van der Waals surface area contributed by atoms with Gasteiger partial charge in [0.2, 0.25) is 0 Å². The number of hydrogen-bond acceptors (Lipinski definition) is 5. The summed E-state index contributed by atoms with van der Waals surface area (Å²) in [7, 11) is 0. The molecular weight excluding hydrogens is 358 g/mol. The van der Waals surface area contributed by atoms with Crippen LogP contribution >= 0.6 is 0 Å². The molecule has 1 aliphatic heterocycles. The van der Waals surface area contributed by atoms with Gasteiger partial charge < -0.3 is 11.1 Å². The van der Waals surface area contributed by atoms with Crippen molar-refractivity contribution in [2.45, 2.75) is 82.7 Å². The van der Waals surface area contributed by atoms with Crippen LogP contribution in [0.5, 0.6) is 0 Å². The summed E-state index contributed by atoms with van der Waals surface area (Å²) in [5.74, 6) is 3.94. The van der Waals surface area contributed by atoms with Crippen LogP contribution in [0.2, 0.25) is 0 Å². The molecule has 0 spiro atoms. The van der Waals surface area contributed by atoms with Crippen molar-refractivity contribution in [2.24, 2.45) is 35.3 Å². The third-order valence-electron chi connectivity index (χ3n) is 8.72. The molecule has 1 saturated heterocycles. The number of nitriles is 1. The van der Waals surface area contributed by atoms with Gasteiger partial charge in [0.1, 0.15) is 0 Å². The summed E-state index contributed by atoms with van der Waals surface area (Å²) in [6.07, 6.45) is 14.7. The molecule has 5 heteroatoms. The standard InChI is InChI=1S/C24H43N5/c25-11-12-27-15-19-5-7-21(8-6-19)22-9-10-23-24(13-22)29(17-28-23)16-20-3-1-18(14-26)2-4-20/h18-24,27-28H,1-13,15-17,25H2. The van der Waals surface area contributed by atoms with E-state index in [1.54, 1.807) is 0 Å². The van der Waals surface area contributed by atoms with Crippen LogP contribution in [0.25, 0.3) is 0 Å². The molecule has 3 aliphatic carbocycles. The van der Waals surface area contributed by atoms with Crippen molar-refractivity contribution in [2.75, 3.05) is 32.8 Å². The fraction of sp³-hybridized carbons (Fsp3) is 0.958. The lowest BCUT2D eigenvalue weighted by atomic mass is 9.69. The van der Waals surface area contributed by atoms with E-state index in [2.05, 4.69) is 21.6 Å². The van der Waals surface area contributed by atoms with E-state index in [-0.39, 0.29) is 0 Å². The first-order valence-corrected chi connectivity index (χ1v) is 12.5. The Bertz CT molecular complexity index is 530. The molecule has 0 bridgehead atoms. The Morgan fingerprint density at radius 2 is 1.66 bits per heavy atom. The molecule has 0 amide bonds. The Balaban J connectivity index is 1.23. The molecule has 4 rings (SSSR count). The summed E-state index contributed by atoms with van der Waals surface area (Å²) in [5.41, 5.74) is 5.60. The molecule has 4 aliphatic rings. The minimum Gasteiger partial charge on any atom is -0.329 e. The molecule has 0 radical (unpaired) electrons. The van der Waals surface area contributed by atoms with Crippen LogP contribution in [0, 0.1) is 40.9 Å². The maximum absolute atomic E-state index is 9.16. The normalized spacial score (nSPS) is 41.0. The molecule has 3 atom stereocenters. The van der Waals surface area contributed by atoms with Gasteiger partial charge in [0.15, 0.2) is 0 Å². The molecule has 3 unspecified atom stereocenters. The van der Waals surface area contributed by atoms with Crippen molar-refractivity contribution < 1.29 is 0 Å². The van der Waals surface area contributed by atoms with Crippen LogP contribution in [0.4, 0.5) is 0 Å². The summed E-state index contributed by atoms with van der Waals surface area (Å²) >= 11 is 0. The van der Waals surface area contributed by atoms with Crippen molar-refractivity contribution >= 4 is 0 Å². The zero-order valence-electron chi connectivity index (χ0n) is 18.3. The average Bonchev–Trinajstić information content (AvgIpc) is 3.17. The highest BCUT2D eigenvalue weighted by Gasteiger charge is 2.42. The topological polar surface area (TPSA) is 77.1 Å². The first kappa shape index (κ1) is 21.6. The van der Waals surface area contributed by atoms with E-state index in [0.29, 0.717) is 5.92 Å². The van der Waals surface area contributed by atoms with E-state index in [9.17, 15) is 0 Å². The zero-order chi connectivity index (χ0) is 20.1. The van der Waals surface area contributed by atoms with Crippen LogP contribution in [0.15, 0.2) is 0 Å². The highest BCUT2D eigenvalue weighted by molar-refractivity contribution is 4.98. The Morgan fingerprint density at radius 3 is 2.38 bits per heavy atom. The molecule has 5 nitrogen and oxygen atoms in total. The van der Waals surface area contributed by atoms with Crippen LogP contribution < -0.4 is 16.4 Å². The molecule has 4 fully saturated rings. The van der Waals surface area contributed by atoms with Crippen LogP contribution in [-0.2, 0) is 0 Å². The number of nitrogens with one attached hydrogen (secondary N) is 2. The van der Waals surface area contributed by atoms with Crippen molar-refractivity contribution in [3.63, 3.8) is 0 Å². The minimum absolute atomic E-state index is 0.329. The second-order valence-corrected chi connectivity index (χ2v) is 10.5. The average molecular weight is 402 g/mol. The lowest BCUT2D eigenvalue weighted by molar-refractivity contribution is 0.0964.